The van der Waals surface area contributed by atoms with Crippen LogP contribution in [-0.4, -0.2) is 20.5 Å². The molecule has 0 spiro atoms. The summed E-state index contributed by atoms with van der Waals surface area (Å²) in [5.74, 6) is -1.39. The highest BCUT2D eigenvalue weighted by atomic mass is 32.1. The van der Waals surface area contributed by atoms with Crippen molar-refractivity contribution >= 4 is 22.3 Å². The fraction of sp³-hybridized carbons (Fsp3) is 0. The molecule has 4 nitrogen and oxygen atoms in total. The first kappa shape index (κ1) is 14.6. The molecule has 6 heteroatoms. The molecule has 0 atom stereocenters. The second-order valence-electron chi connectivity index (χ2n) is 5.23. The highest BCUT2D eigenvalue weighted by Gasteiger charge is 2.23. The van der Waals surface area contributed by atoms with E-state index in [4.69, 9.17) is 0 Å². The molecule has 4 aromatic rings. The molecule has 0 aliphatic heterocycles. The fourth-order valence-electron chi connectivity index (χ4n) is 2.68. The van der Waals surface area contributed by atoms with Crippen LogP contribution in [0, 0.1) is 5.82 Å². The number of aromatic carboxylic acids is 1. The van der Waals surface area contributed by atoms with E-state index in [0.29, 0.717) is 16.3 Å². The number of aromatic nitrogens is 2. The third kappa shape index (κ3) is 2.28. The van der Waals surface area contributed by atoms with Gasteiger partial charge in [0.2, 0.25) is 0 Å². The monoisotopic (exact) mass is 338 g/mol. The lowest BCUT2D eigenvalue weighted by atomic mass is 10.1. The molecular weight excluding hydrogens is 327 g/mol. The standard InChI is InChI=1S/C18H11FN2O2S/c19-13-8-6-11(7-9-13)14-10-24-18-20-15(12-4-2-1-3-5-12)16(17(22)23)21(14)18/h1-10H,(H,22,23). The molecule has 0 amide bonds. The van der Waals surface area contributed by atoms with Crippen LogP contribution in [0.1, 0.15) is 10.5 Å². The van der Waals surface area contributed by atoms with Gasteiger partial charge >= 0.3 is 5.97 Å². The topological polar surface area (TPSA) is 54.6 Å². The summed E-state index contributed by atoms with van der Waals surface area (Å²) in [6, 6.07) is 15.2. The van der Waals surface area contributed by atoms with Crippen LogP contribution >= 0.6 is 11.3 Å². The molecule has 0 saturated heterocycles. The number of fused-ring (bicyclic) bond motifs is 1. The molecule has 0 radical (unpaired) electrons. The number of rotatable bonds is 3. The van der Waals surface area contributed by atoms with E-state index in [1.54, 1.807) is 16.5 Å². The highest BCUT2D eigenvalue weighted by Crippen LogP contribution is 2.33. The zero-order valence-corrected chi connectivity index (χ0v) is 13.1. The van der Waals surface area contributed by atoms with Crippen molar-refractivity contribution in [2.45, 2.75) is 0 Å². The third-order valence-corrected chi connectivity index (χ3v) is 4.58. The van der Waals surface area contributed by atoms with Crippen LogP contribution in [0.15, 0.2) is 60.0 Å². The first-order chi connectivity index (χ1) is 11.6. The van der Waals surface area contributed by atoms with Crippen LogP contribution in [0.3, 0.4) is 0 Å². The predicted molar refractivity (Wildman–Crippen MR) is 90.9 cm³/mol. The first-order valence-corrected chi connectivity index (χ1v) is 8.07. The maximum Gasteiger partial charge on any atom is 0.355 e. The van der Waals surface area contributed by atoms with Crippen molar-refractivity contribution in [3.05, 3.63) is 71.5 Å². The average Bonchev–Trinajstić information content (AvgIpc) is 3.15. The van der Waals surface area contributed by atoms with E-state index in [9.17, 15) is 14.3 Å². The molecule has 2 heterocycles. The quantitative estimate of drug-likeness (QED) is 0.595. The number of hydrogen-bond donors (Lipinski definition) is 1. The van der Waals surface area contributed by atoms with E-state index in [1.165, 1.54) is 23.5 Å². The maximum atomic E-state index is 13.2. The summed E-state index contributed by atoms with van der Waals surface area (Å²) in [5, 5.41) is 11.6. The van der Waals surface area contributed by atoms with Crippen LogP contribution in [0.4, 0.5) is 4.39 Å². The Kier molecular flexibility index (Phi) is 3.39. The van der Waals surface area contributed by atoms with Gasteiger partial charge in [-0.05, 0) is 29.8 Å². The van der Waals surface area contributed by atoms with Gasteiger partial charge in [-0.3, -0.25) is 4.40 Å². The Morgan fingerprint density at radius 3 is 2.42 bits per heavy atom. The van der Waals surface area contributed by atoms with Crippen molar-refractivity contribution in [2.75, 3.05) is 0 Å². The SMILES string of the molecule is O=C(O)c1c(-c2ccccc2)nc2scc(-c3ccc(F)cc3)n12. The number of hydrogen-bond acceptors (Lipinski definition) is 3. The fourth-order valence-corrected chi connectivity index (χ4v) is 3.57. The predicted octanol–water partition coefficient (Wildman–Crippen LogP) is 4.57. The summed E-state index contributed by atoms with van der Waals surface area (Å²) in [4.78, 5) is 17.0. The number of carboxylic acids is 1. The Hall–Kier alpha value is -2.99. The Balaban J connectivity index is 2.00. The van der Waals surface area contributed by atoms with Crippen molar-refractivity contribution in [3.63, 3.8) is 0 Å². The first-order valence-electron chi connectivity index (χ1n) is 7.20. The Labute approximate surface area is 140 Å². The highest BCUT2D eigenvalue weighted by molar-refractivity contribution is 7.15. The molecule has 0 saturated carbocycles. The third-order valence-electron chi connectivity index (χ3n) is 3.75. The van der Waals surface area contributed by atoms with E-state index in [1.807, 2.05) is 35.7 Å². The van der Waals surface area contributed by atoms with Crippen LogP contribution in [0.5, 0.6) is 0 Å². The van der Waals surface area contributed by atoms with Gasteiger partial charge in [0.05, 0.1) is 5.69 Å². The Morgan fingerprint density at radius 1 is 1.04 bits per heavy atom. The summed E-state index contributed by atoms with van der Waals surface area (Å²) in [6.07, 6.45) is 0. The molecule has 1 N–H and O–H groups in total. The van der Waals surface area contributed by atoms with E-state index in [-0.39, 0.29) is 11.5 Å². The molecule has 0 unspecified atom stereocenters. The smallest absolute Gasteiger partial charge is 0.355 e. The molecule has 0 fully saturated rings. The van der Waals surface area contributed by atoms with Gasteiger partial charge in [-0.1, -0.05) is 30.3 Å². The van der Waals surface area contributed by atoms with Crippen LogP contribution in [0.2, 0.25) is 0 Å². The van der Waals surface area contributed by atoms with Gasteiger partial charge in [0.1, 0.15) is 11.5 Å². The van der Waals surface area contributed by atoms with Gasteiger partial charge in [-0.2, -0.15) is 0 Å². The van der Waals surface area contributed by atoms with Gasteiger partial charge in [-0.25, -0.2) is 14.2 Å². The van der Waals surface area contributed by atoms with E-state index >= 15 is 0 Å². The summed E-state index contributed by atoms with van der Waals surface area (Å²) in [5.41, 5.74) is 2.70. The molecule has 118 valence electrons. The number of carboxylic acid groups (broad SMARTS) is 1. The number of halogens is 1. The molecule has 2 aromatic heterocycles. The van der Waals surface area contributed by atoms with E-state index < -0.39 is 5.97 Å². The van der Waals surface area contributed by atoms with Crippen LogP contribution in [-0.2, 0) is 0 Å². The van der Waals surface area contributed by atoms with Gasteiger partial charge in [0, 0.05) is 10.9 Å². The lowest BCUT2D eigenvalue weighted by Gasteiger charge is -2.04. The van der Waals surface area contributed by atoms with E-state index in [2.05, 4.69) is 4.98 Å². The lowest BCUT2D eigenvalue weighted by Crippen LogP contribution is -2.04. The summed E-state index contributed by atoms with van der Waals surface area (Å²) >= 11 is 1.35. The van der Waals surface area contributed by atoms with Crippen LogP contribution < -0.4 is 0 Å². The normalized spacial score (nSPS) is 11.0. The zero-order chi connectivity index (χ0) is 16.7. The molecule has 0 aliphatic rings. The summed E-state index contributed by atoms with van der Waals surface area (Å²) in [6.45, 7) is 0. The van der Waals surface area contributed by atoms with Crippen molar-refractivity contribution in [1.29, 1.82) is 0 Å². The Morgan fingerprint density at radius 2 is 1.75 bits per heavy atom. The molecular formula is C18H11FN2O2S. The summed E-state index contributed by atoms with van der Waals surface area (Å²) in [7, 11) is 0. The molecule has 24 heavy (non-hydrogen) atoms. The van der Waals surface area contributed by atoms with E-state index in [0.717, 1.165) is 11.1 Å². The van der Waals surface area contributed by atoms with Gasteiger partial charge < -0.3 is 5.11 Å². The Bertz CT molecular complexity index is 1040. The molecule has 4 rings (SSSR count). The minimum Gasteiger partial charge on any atom is -0.476 e. The zero-order valence-electron chi connectivity index (χ0n) is 12.3. The molecule has 0 aliphatic carbocycles. The minimum atomic E-state index is -1.05. The average molecular weight is 338 g/mol. The molecule has 0 bridgehead atoms. The van der Waals surface area contributed by atoms with Crippen molar-refractivity contribution in [1.82, 2.24) is 9.38 Å². The summed E-state index contributed by atoms with van der Waals surface area (Å²) < 4.78 is 14.8. The maximum absolute atomic E-state index is 13.2. The minimum absolute atomic E-state index is 0.108. The van der Waals surface area contributed by atoms with Crippen LogP contribution in [0.25, 0.3) is 27.5 Å². The largest absolute Gasteiger partial charge is 0.476 e. The number of nitrogens with zero attached hydrogens (tertiary/aromatic N) is 2. The second kappa shape index (κ2) is 5.58. The lowest BCUT2D eigenvalue weighted by molar-refractivity contribution is 0.0690. The van der Waals surface area contributed by atoms with Gasteiger partial charge in [0.25, 0.3) is 0 Å². The number of carbonyl (C=O) groups is 1. The number of thiazole rings is 1. The molecule has 2 aromatic carbocycles. The van der Waals surface area contributed by atoms with Crippen molar-refractivity contribution in [2.24, 2.45) is 0 Å². The van der Waals surface area contributed by atoms with Crippen molar-refractivity contribution < 1.29 is 14.3 Å². The second-order valence-corrected chi connectivity index (χ2v) is 6.06. The number of benzene rings is 2. The van der Waals surface area contributed by atoms with Gasteiger partial charge in [-0.15, -0.1) is 11.3 Å². The number of imidazole rings is 1. The van der Waals surface area contributed by atoms with Crippen molar-refractivity contribution in [3.8, 4) is 22.5 Å². The van der Waals surface area contributed by atoms with Gasteiger partial charge in [0.15, 0.2) is 10.7 Å².